The van der Waals surface area contributed by atoms with E-state index < -0.39 is 28.5 Å². The molecule has 94 valence electrons. The van der Waals surface area contributed by atoms with Crippen molar-refractivity contribution in [3.05, 3.63) is 17.0 Å². The molecule has 1 aliphatic heterocycles. The molecule has 2 aliphatic rings. The third-order valence-corrected chi connectivity index (χ3v) is 4.47. The van der Waals surface area contributed by atoms with Crippen LogP contribution in [-0.2, 0) is 5.92 Å². The van der Waals surface area contributed by atoms with Gasteiger partial charge in [-0.15, -0.1) is 11.8 Å². The lowest BCUT2D eigenvalue weighted by Crippen LogP contribution is -2.22. The number of rotatable bonds is 2. The summed E-state index contributed by atoms with van der Waals surface area (Å²) in [5, 5.41) is 2.32. The second-order valence-corrected chi connectivity index (χ2v) is 5.87. The monoisotopic (exact) mass is 266 g/mol. The number of thioether (sulfide) groups is 1. The summed E-state index contributed by atoms with van der Waals surface area (Å²) in [4.78, 5) is 0. The standard InChI is InChI=1S/C10H10F4N2S/c1-3(2)16-7-4(5(15-16)9(11)12)6-8(17-6)10(7,13)14/h3,6,8-9H,1-2H3/t6-,8-/m1/s1. The Bertz CT molecular complexity index is 483. The number of aromatic nitrogens is 2. The first-order valence-corrected chi connectivity index (χ1v) is 6.24. The van der Waals surface area contributed by atoms with Crippen LogP contribution in [0.4, 0.5) is 17.6 Å². The third kappa shape index (κ3) is 1.31. The zero-order valence-electron chi connectivity index (χ0n) is 9.12. The van der Waals surface area contributed by atoms with Crippen molar-refractivity contribution < 1.29 is 17.6 Å². The largest absolute Gasteiger partial charge is 0.302 e. The lowest BCUT2D eigenvalue weighted by Gasteiger charge is -2.17. The molecule has 2 heterocycles. The molecule has 0 amide bonds. The number of hydrogen-bond donors (Lipinski definition) is 0. The van der Waals surface area contributed by atoms with Crippen LogP contribution in [0.3, 0.4) is 0 Å². The third-order valence-electron chi connectivity index (χ3n) is 3.12. The fraction of sp³-hybridized carbons (Fsp3) is 0.700. The van der Waals surface area contributed by atoms with Gasteiger partial charge in [-0.1, -0.05) is 0 Å². The predicted molar refractivity (Wildman–Crippen MR) is 55.6 cm³/mol. The van der Waals surface area contributed by atoms with Crippen LogP contribution < -0.4 is 0 Å². The normalized spacial score (nSPS) is 28.7. The minimum absolute atomic E-state index is 0.0775. The maximum absolute atomic E-state index is 13.9. The van der Waals surface area contributed by atoms with Gasteiger partial charge in [0.25, 0.3) is 6.43 Å². The van der Waals surface area contributed by atoms with E-state index in [1.165, 1.54) is 0 Å². The molecule has 0 aromatic carbocycles. The Morgan fingerprint density at radius 2 is 2.00 bits per heavy atom. The second kappa shape index (κ2) is 3.18. The van der Waals surface area contributed by atoms with Gasteiger partial charge in [-0.3, -0.25) is 4.68 Å². The smallest absolute Gasteiger partial charge is 0.260 e. The zero-order valence-corrected chi connectivity index (χ0v) is 9.94. The van der Waals surface area contributed by atoms with Crippen molar-refractivity contribution in [2.75, 3.05) is 0 Å². The summed E-state index contributed by atoms with van der Waals surface area (Å²) in [6.45, 7) is 3.32. The Hall–Kier alpha value is -0.720. The second-order valence-electron chi connectivity index (χ2n) is 4.59. The van der Waals surface area contributed by atoms with E-state index in [-0.39, 0.29) is 17.3 Å². The van der Waals surface area contributed by atoms with Crippen LogP contribution in [0.2, 0.25) is 0 Å². The molecule has 0 radical (unpaired) electrons. The van der Waals surface area contributed by atoms with E-state index in [4.69, 9.17) is 0 Å². The Labute approximate surface area is 99.4 Å². The van der Waals surface area contributed by atoms with Crippen molar-refractivity contribution in [1.82, 2.24) is 9.78 Å². The van der Waals surface area contributed by atoms with Crippen LogP contribution in [0.15, 0.2) is 0 Å². The topological polar surface area (TPSA) is 17.8 Å². The van der Waals surface area contributed by atoms with Crippen molar-refractivity contribution in [1.29, 1.82) is 0 Å². The molecule has 0 saturated carbocycles. The van der Waals surface area contributed by atoms with E-state index in [1.807, 2.05) is 0 Å². The van der Waals surface area contributed by atoms with Gasteiger partial charge in [-0.2, -0.15) is 13.9 Å². The highest BCUT2D eigenvalue weighted by Crippen LogP contribution is 2.71. The molecule has 2 nitrogen and oxygen atoms in total. The summed E-state index contributed by atoms with van der Waals surface area (Å²) in [5.74, 6) is -3.03. The van der Waals surface area contributed by atoms with Crippen LogP contribution >= 0.6 is 11.8 Å². The van der Waals surface area contributed by atoms with E-state index in [9.17, 15) is 17.6 Å². The molecule has 1 aromatic heterocycles. The molecule has 17 heavy (non-hydrogen) atoms. The Kier molecular flexibility index (Phi) is 2.13. The molecule has 1 saturated heterocycles. The molecule has 0 spiro atoms. The van der Waals surface area contributed by atoms with E-state index >= 15 is 0 Å². The SMILES string of the molecule is CC(C)n1nc(C(F)F)c2c1C(F)(F)[C@@H]1S[C@H]21. The highest BCUT2D eigenvalue weighted by Gasteiger charge is 2.68. The van der Waals surface area contributed by atoms with Gasteiger partial charge in [-0.05, 0) is 13.8 Å². The average Bonchev–Trinajstić information content (AvgIpc) is 2.83. The van der Waals surface area contributed by atoms with Crippen molar-refractivity contribution in [2.24, 2.45) is 0 Å². The molecular formula is C10H10F4N2S. The van der Waals surface area contributed by atoms with E-state index in [1.54, 1.807) is 13.8 Å². The first-order chi connectivity index (χ1) is 7.85. The van der Waals surface area contributed by atoms with Crippen molar-refractivity contribution >= 4 is 11.8 Å². The highest BCUT2D eigenvalue weighted by atomic mass is 32.2. The fourth-order valence-electron chi connectivity index (χ4n) is 2.35. The van der Waals surface area contributed by atoms with Crippen LogP contribution in [0.1, 0.15) is 48.5 Å². The van der Waals surface area contributed by atoms with Gasteiger partial charge >= 0.3 is 5.92 Å². The van der Waals surface area contributed by atoms with Gasteiger partial charge in [0.1, 0.15) is 11.4 Å². The average molecular weight is 266 g/mol. The predicted octanol–water partition coefficient (Wildman–Crippen LogP) is 3.66. The number of alkyl halides is 4. The van der Waals surface area contributed by atoms with Gasteiger partial charge in [0.15, 0.2) is 0 Å². The van der Waals surface area contributed by atoms with Crippen molar-refractivity contribution in [2.45, 2.75) is 42.7 Å². The molecule has 2 atom stereocenters. The van der Waals surface area contributed by atoms with Crippen molar-refractivity contribution in [3.63, 3.8) is 0 Å². The number of hydrogen-bond acceptors (Lipinski definition) is 2. The summed E-state index contributed by atoms with van der Waals surface area (Å²) in [5.41, 5.74) is -0.684. The lowest BCUT2D eigenvalue weighted by molar-refractivity contribution is 0.000372. The summed E-state index contributed by atoms with van der Waals surface area (Å²) >= 11 is 1.05. The molecule has 1 aliphatic carbocycles. The minimum Gasteiger partial charge on any atom is -0.260 e. The van der Waals surface area contributed by atoms with Crippen LogP contribution in [0.5, 0.6) is 0 Å². The molecule has 0 N–H and O–H groups in total. The first kappa shape index (κ1) is 11.4. The Morgan fingerprint density at radius 3 is 2.53 bits per heavy atom. The minimum atomic E-state index is -3.03. The van der Waals surface area contributed by atoms with Gasteiger partial charge < -0.3 is 0 Å². The molecule has 1 aromatic rings. The van der Waals surface area contributed by atoms with Crippen molar-refractivity contribution in [3.8, 4) is 0 Å². The van der Waals surface area contributed by atoms with Gasteiger partial charge in [0.2, 0.25) is 0 Å². The maximum Gasteiger partial charge on any atom is 0.302 e. The van der Waals surface area contributed by atoms with Crippen LogP contribution in [-0.4, -0.2) is 15.0 Å². The van der Waals surface area contributed by atoms with Crippen LogP contribution in [0, 0.1) is 0 Å². The first-order valence-electron chi connectivity index (χ1n) is 5.30. The summed E-state index contributed by atoms with van der Waals surface area (Å²) < 4.78 is 54.6. The molecular weight excluding hydrogens is 256 g/mol. The fourth-order valence-corrected chi connectivity index (χ4v) is 3.54. The number of halogens is 4. The van der Waals surface area contributed by atoms with E-state index in [0.717, 1.165) is 16.4 Å². The number of fused-ring (bicyclic) bond motifs is 3. The van der Waals surface area contributed by atoms with Gasteiger partial charge in [0.05, 0.1) is 10.5 Å². The maximum atomic E-state index is 13.9. The van der Waals surface area contributed by atoms with Gasteiger partial charge in [-0.25, -0.2) is 8.78 Å². The molecule has 7 heteroatoms. The quantitative estimate of drug-likeness (QED) is 0.600. The molecule has 0 unspecified atom stereocenters. The summed E-state index contributed by atoms with van der Waals surface area (Å²) in [6, 6.07) is -0.343. The summed E-state index contributed by atoms with van der Waals surface area (Å²) in [6.07, 6.45) is -2.79. The number of nitrogens with zero attached hydrogens (tertiary/aromatic N) is 2. The molecule has 0 bridgehead atoms. The lowest BCUT2D eigenvalue weighted by atomic mass is 10.2. The Morgan fingerprint density at radius 1 is 1.35 bits per heavy atom. The Balaban J connectivity index is 2.23. The summed E-state index contributed by atoms with van der Waals surface area (Å²) in [7, 11) is 0. The highest BCUT2D eigenvalue weighted by molar-refractivity contribution is 8.07. The zero-order chi connectivity index (χ0) is 12.5. The van der Waals surface area contributed by atoms with Gasteiger partial charge in [0, 0.05) is 11.6 Å². The molecule has 3 rings (SSSR count). The molecule has 1 fully saturated rings. The van der Waals surface area contributed by atoms with Crippen LogP contribution in [0.25, 0.3) is 0 Å². The van der Waals surface area contributed by atoms with E-state index in [2.05, 4.69) is 5.10 Å². The van der Waals surface area contributed by atoms with E-state index in [0.29, 0.717) is 0 Å².